The molecule has 2 amide bonds. The average Bonchev–Trinajstić information content (AvgIpc) is 2.57. The Hall–Kier alpha value is -1.54. The Bertz CT molecular complexity index is 299. The second kappa shape index (κ2) is 4.48. The van der Waals surface area contributed by atoms with Gasteiger partial charge in [0.1, 0.15) is 5.00 Å². The van der Waals surface area contributed by atoms with Gasteiger partial charge in [-0.25, -0.2) is 5.48 Å². The standard InChI is InChI=1S/C5H6N4O3S/c1-12-8-5(11)4(10)7-3-2-6-9-13-3/h2H,1H3,(H,7,10)(H,8,11). The van der Waals surface area contributed by atoms with Crippen LogP contribution >= 0.6 is 11.5 Å². The van der Waals surface area contributed by atoms with E-state index in [2.05, 4.69) is 19.7 Å². The molecule has 8 heteroatoms. The molecule has 0 bridgehead atoms. The van der Waals surface area contributed by atoms with E-state index in [0.29, 0.717) is 5.00 Å². The summed E-state index contributed by atoms with van der Waals surface area (Å²) in [5.41, 5.74) is 1.87. The Morgan fingerprint density at radius 2 is 2.31 bits per heavy atom. The van der Waals surface area contributed by atoms with Gasteiger partial charge in [0.2, 0.25) is 0 Å². The summed E-state index contributed by atoms with van der Waals surface area (Å²) >= 11 is 0.973. The van der Waals surface area contributed by atoms with Crippen LogP contribution in [-0.2, 0) is 14.4 Å². The van der Waals surface area contributed by atoms with Crippen LogP contribution in [0.15, 0.2) is 6.20 Å². The molecular weight excluding hydrogens is 196 g/mol. The van der Waals surface area contributed by atoms with Crippen molar-refractivity contribution in [1.29, 1.82) is 0 Å². The van der Waals surface area contributed by atoms with E-state index in [-0.39, 0.29) is 0 Å². The summed E-state index contributed by atoms with van der Waals surface area (Å²) in [6, 6.07) is 0. The van der Waals surface area contributed by atoms with Crippen LogP contribution in [0.2, 0.25) is 0 Å². The molecule has 1 aromatic rings. The molecule has 0 atom stereocenters. The Balaban J connectivity index is 2.46. The SMILES string of the molecule is CONC(=O)C(=O)Nc1cnns1. The third-order valence-electron chi connectivity index (χ3n) is 0.999. The largest absolute Gasteiger partial charge is 0.333 e. The van der Waals surface area contributed by atoms with Gasteiger partial charge in [-0.2, -0.15) is 0 Å². The molecule has 2 N–H and O–H groups in total. The number of anilines is 1. The van der Waals surface area contributed by atoms with Gasteiger partial charge in [-0.15, -0.1) is 5.10 Å². The van der Waals surface area contributed by atoms with E-state index in [1.54, 1.807) is 0 Å². The predicted octanol–water partition coefficient (Wildman–Crippen LogP) is -0.846. The van der Waals surface area contributed by atoms with Crippen LogP contribution in [0, 0.1) is 0 Å². The van der Waals surface area contributed by atoms with Crippen LogP contribution in [0.3, 0.4) is 0 Å². The molecule has 0 saturated heterocycles. The predicted molar refractivity (Wildman–Crippen MR) is 43.7 cm³/mol. The lowest BCUT2D eigenvalue weighted by atomic mass is 10.6. The highest BCUT2D eigenvalue weighted by Crippen LogP contribution is 2.08. The van der Waals surface area contributed by atoms with Gasteiger partial charge in [0, 0.05) is 11.5 Å². The number of hydroxylamine groups is 1. The van der Waals surface area contributed by atoms with E-state index in [1.807, 2.05) is 5.48 Å². The second-order valence-corrected chi connectivity index (χ2v) is 2.66. The summed E-state index contributed by atoms with van der Waals surface area (Å²) in [7, 11) is 1.24. The number of carbonyl (C=O) groups excluding carboxylic acids is 2. The van der Waals surface area contributed by atoms with E-state index in [0.717, 1.165) is 11.5 Å². The molecule has 13 heavy (non-hydrogen) atoms. The first-order valence-electron chi connectivity index (χ1n) is 3.15. The van der Waals surface area contributed by atoms with Crippen molar-refractivity contribution in [2.45, 2.75) is 0 Å². The molecule has 70 valence electrons. The van der Waals surface area contributed by atoms with E-state index in [1.165, 1.54) is 13.3 Å². The first-order valence-corrected chi connectivity index (χ1v) is 3.93. The summed E-state index contributed by atoms with van der Waals surface area (Å²) < 4.78 is 3.49. The number of rotatable bonds is 2. The third kappa shape index (κ3) is 2.76. The molecular formula is C5H6N4O3S. The van der Waals surface area contributed by atoms with Crippen molar-refractivity contribution in [3.63, 3.8) is 0 Å². The molecule has 0 radical (unpaired) electrons. The summed E-state index contributed by atoms with van der Waals surface area (Å²) in [6.07, 6.45) is 1.34. The monoisotopic (exact) mass is 202 g/mol. The maximum Gasteiger partial charge on any atom is 0.333 e. The van der Waals surface area contributed by atoms with Gasteiger partial charge in [0.15, 0.2) is 0 Å². The maximum absolute atomic E-state index is 10.9. The van der Waals surface area contributed by atoms with Crippen LogP contribution in [0.1, 0.15) is 0 Å². The minimum absolute atomic E-state index is 0.399. The van der Waals surface area contributed by atoms with Crippen molar-refractivity contribution >= 4 is 28.3 Å². The van der Waals surface area contributed by atoms with E-state index in [9.17, 15) is 9.59 Å². The average molecular weight is 202 g/mol. The molecule has 0 spiro atoms. The third-order valence-corrected chi connectivity index (χ3v) is 1.58. The number of hydrogen-bond acceptors (Lipinski definition) is 6. The first-order chi connectivity index (χ1) is 6.24. The Morgan fingerprint density at radius 3 is 2.85 bits per heavy atom. The van der Waals surface area contributed by atoms with Gasteiger partial charge in [0.25, 0.3) is 0 Å². The van der Waals surface area contributed by atoms with Gasteiger partial charge >= 0.3 is 11.8 Å². The van der Waals surface area contributed by atoms with Crippen LogP contribution in [0.4, 0.5) is 5.00 Å². The summed E-state index contributed by atoms with van der Waals surface area (Å²) in [5.74, 6) is -1.70. The normalized spacial score (nSPS) is 9.31. The number of aromatic nitrogens is 2. The summed E-state index contributed by atoms with van der Waals surface area (Å²) in [5, 5.41) is 6.14. The highest BCUT2D eigenvalue weighted by Gasteiger charge is 2.13. The second-order valence-electron chi connectivity index (χ2n) is 1.87. The molecule has 1 rings (SSSR count). The van der Waals surface area contributed by atoms with Crippen molar-refractivity contribution < 1.29 is 14.4 Å². The molecule has 0 aliphatic heterocycles. The van der Waals surface area contributed by atoms with Crippen LogP contribution in [0.5, 0.6) is 0 Å². The fourth-order valence-electron chi connectivity index (χ4n) is 0.530. The molecule has 0 saturated carbocycles. The number of nitrogens with zero attached hydrogens (tertiary/aromatic N) is 2. The van der Waals surface area contributed by atoms with E-state index < -0.39 is 11.8 Å². The zero-order chi connectivity index (χ0) is 9.68. The zero-order valence-corrected chi connectivity index (χ0v) is 7.42. The van der Waals surface area contributed by atoms with Gasteiger partial charge in [-0.1, -0.05) is 4.49 Å². The van der Waals surface area contributed by atoms with Gasteiger partial charge in [-0.05, 0) is 0 Å². The van der Waals surface area contributed by atoms with Crippen LogP contribution in [0.25, 0.3) is 0 Å². The minimum Gasteiger partial charge on any atom is -0.307 e. The lowest BCUT2D eigenvalue weighted by Crippen LogP contribution is -2.34. The zero-order valence-electron chi connectivity index (χ0n) is 6.60. The molecule has 7 nitrogen and oxygen atoms in total. The molecule has 1 heterocycles. The summed E-state index contributed by atoms with van der Waals surface area (Å²) in [6.45, 7) is 0. The lowest BCUT2D eigenvalue weighted by molar-refractivity contribution is -0.142. The molecule has 0 aromatic carbocycles. The number of nitrogens with one attached hydrogen (secondary N) is 2. The number of hydrogen-bond donors (Lipinski definition) is 2. The van der Waals surface area contributed by atoms with Crippen molar-refractivity contribution in [2.75, 3.05) is 12.4 Å². The fraction of sp³-hybridized carbons (Fsp3) is 0.200. The Labute approximate surface area is 77.2 Å². The van der Waals surface area contributed by atoms with E-state index in [4.69, 9.17) is 0 Å². The molecule has 0 unspecified atom stereocenters. The molecule has 0 fully saturated rings. The molecule has 0 aliphatic rings. The van der Waals surface area contributed by atoms with Crippen LogP contribution < -0.4 is 10.8 Å². The van der Waals surface area contributed by atoms with Gasteiger partial charge < -0.3 is 5.32 Å². The Morgan fingerprint density at radius 1 is 1.54 bits per heavy atom. The minimum atomic E-state index is -0.879. The van der Waals surface area contributed by atoms with Gasteiger partial charge in [0.05, 0.1) is 13.3 Å². The Kier molecular flexibility index (Phi) is 3.29. The fourth-order valence-corrected chi connectivity index (χ4v) is 0.945. The number of amides is 2. The highest BCUT2D eigenvalue weighted by atomic mass is 32.1. The van der Waals surface area contributed by atoms with Crippen LogP contribution in [-0.4, -0.2) is 28.5 Å². The summed E-state index contributed by atoms with van der Waals surface area (Å²) in [4.78, 5) is 26.0. The van der Waals surface area contributed by atoms with Gasteiger partial charge in [-0.3, -0.25) is 14.4 Å². The van der Waals surface area contributed by atoms with E-state index >= 15 is 0 Å². The van der Waals surface area contributed by atoms with Crippen molar-refractivity contribution in [3.8, 4) is 0 Å². The topological polar surface area (TPSA) is 93.2 Å². The highest BCUT2D eigenvalue weighted by molar-refractivity contribution is 7.10. The lowest BCUT2D eigenvalue weighted by Gasteiger charge is -2.00. The van der Waals surface area contributed by atoms with Crippen molar-refractivity contribution in [2.24, 2.45) is 0 Å². The van der Waals surface area contributed by atoms with Crippen molar-refractivity contribution in [3.05, 3.63) is 6.20 Å². The molecule has 1 aromatic heterocycles. The first kappa shape index (κ1) is 9.55. The quantitative estimate of drug-likeness (QED) is 0.481. The smallest absolute Gasteiger partial charge is 0.307 e. The number of carbonyl (C=O) groups is 2. The van der Waals surface area contributed by atoms with Crippen molar-refractivity contribution in [1.82, 2.24) is 15.1 Å². The molecule has 0 aliphatic carbocycles. The maximum atomic E-state index is 10.9.